The predicted molar refractivity (Wildman–Crippen MR) is 104 cm³/mol. The average molecular weight is 388 g/mol. The van der Waals surface area contributed by atoms with E-state index in [4.69, 9.17) is 9.47 Å². The SMILES string of the molecule is C=C(NO)[C@]12O[C@H]1C[C@@H]1[C@@H]3CC=C4C[C@H](OC(C)=O)CC[C@]4(C)[C@H]3CC[C@]12C. The molecule has 4 fully saturated rings. The summed E-state index contributed by atoms with van der Waals surface area (Å²) in [4.78, 5) is 11.4. The molecule has 0 amide bonds. The van der Waals surface area contributed by atoms with Crippen molar-refractivity contribution >= 4 is 5.97 Å². The van der Waals surface area contributed by atoms with E-state index in [1.807, 2.05) is 0 Å². The molecule has 1 aliphatic heterocycles. The molecule has 5 aliphatic rings. The van der Waals surface area contributed by atoms with Gasteiger partial charge < -0.3 is 9.47 Å². The first kappa shape index (κ1) is 18.7. The van der Waals surface area contributed by atoms with Crippen LogP contribution in [0.2, 0.25) is 0 Å². The van der Waals surface area contributed by atoms with E-state index in [9.17, 15) is 10.0 Å². The van der Waals surface area contributed by atoms with Gasteiger partial charge in [-0.25, -0.2) is 0 Å². The molecule has 4 aliphatic carbocycles. The fraction of sp³-hybridized carbons (Fsp3) is 0.783. The van der Waals surface area contributed by atoms with Gasteiger partial charge in [-0.15, -0.1) is 0 Å². The zero-order valence-corrected chi connectivity index (χ0v) is 17.3. The molecule has 5 rings (SSSR count). The van der Waals surface area contributed by atoms with Gasteiger partial charge in [0.2, 0.25) is 0 Å². The minimum absolute atomic E-state index is 0.0439. The number of fused-ring (bicyclic) bond motifs is 7. The largest absolute Gasteiger partial charge is 0.462 e. The van der Waals surface area contributed by atoms with Gasteiger partial charge >= 0.3 is 5.97 Å². The maximum Gasteiger partial charge on any atom is 0.302 e. The number of nitrogens with one attached hydrogen (secondary N) is 1. The summed E-state index contributed by atoms with van der Waals surface area (Å²) in [5.41, 5.74) is 4.37. The number of hydrogen-bond acceptors (Lipinski definition) is 5. The third kappa shape index (κ3) is 2.18. The van der Waals surface area contributed by atoms with E-state index in [0.717, 1.165) is 38.5 Å². The topological polar surface area (TPSA) is 71.1 Å². The maximum absolute atomic E-state index is 11.4. The number of ether oxygens (including phenoxy) is 2. The van der Waals surface area contributed by atoms with E-state index >= 15 is 0 Å². The molecule has 0 bridgehead atoms. The van der Waals surface area contributed by atoms with Crippen LogP contribution in [0.25, 0.3) is 0 Å². The number of hydroxylamine groups is 1. The summed E-state index contributed by atoms with van der Waals surface area (Å²) in [7, 11) is 0. The average Bonchev–Trinajstić information content (AvgIpc) is 3.33. The number of epoxide rings is 1. The Morgan fingerprint density at radius 2 is 2.11 bits per heavy atom. The first-order chi connectivity index (χ1) is 13.3. The molecule has 0 spiro atoms. The second kappa shape index (κ2) is 5.85. The zero-order chi connectivity index (χ0) is 19.9. The quantitative estimate of drug-likeness (QED) is 0.330. The monoisotopic (exact) mass is 387 g/mol. The van der Waals surface area contributed by atoms with Crippen LogP contribution in [0.5, 0.6) is 0 Å². The standard InChI is InChI=1S/C23H33NO4/c1-13(24-26)23-20(28-23)12-19-17-6-5-15-11-16(27-14(2)25)7-9-21(15,3)18(17)8-10-22(19,23)4/h5,16-20,24,26H,1,6-12H2,2-4H3/t16-,17-,18+,19-,20+,21+,22-,23+/m1/s1. The summed E-state index contributed by atoms with van der Waals surface area (Å²) in [5.74, 6) is 1.80. The molecule has 3 saturated carbocycles. The lowest BCUT2D eigenvalue weighted by atomic mass is 9.47. The molecule has 0 aromatic rings. The van der Waals surface area contributed by atoms with Crippen LogP contribution in [-0.4, -0.2) is 29.0 Å². The molecular formula is C23H33NO4. The third-order valence-electron chi connectivity index (χ3n) is 9.41. The minimum atomic E-state index is -0.380. The lowest BCUT2D eigenvalue weighted by Gasteiger charge is -2.58. The summed E-state index contributed by atoms with van der Waals surface area (Å²) in [6.45, 7) is 10.4. The van der Waals surface area contributed by atoms with Gasteiger partial charge in [-0.1, -0.05) is 32.1 Å². The Bertz CT molecular complexity index is 762. The Balaban J connectivity index is 1.42. The highest BCUT2D eigenvalue weighted by Crippen LogP contribution is 2.74. The Hall–Kier alpha value is -1.33. The van der Waals surface area contributed by atoms with Crippen molar-refractivity contribution in [2.75, 3.05) is 0 Å². The van der Waals surface area contributed by atoms with E-state index in [1.54, 1.807) is 0 Å². The first-order valence-corrected chi connectivity index (χ1v) is 10.9. The Morgan fingerprint density at radius 3 is 2.82 bits per heavy atom. The van der Waals surface area contributed by atoms with E-state index in [1.165, 1.54) is 18.9 Å². The summed E-state index contributed by atoms with van der Waals surface area (Å²) in [6.07, 6.45) is 10.2. The Labute approximate surface area is 167 Å². The molecule has 154 valence electrons. The fourth-order valence-corrected chi connectivity index (χ4v) is 8.01. The molecule has 8 atom stereocenters. The third-order valence-corrected chi connectivity index (χ3v) is 9.41. The van der Waals surface area contributed by atoms with Crippen molar-refractivity contribution in [1.82, 2.24) is 5.48 Å². The molecule has 2 N–H and O–H groups in total. The molecule has 28 heavy (non-hydrogen) atoms. The van der Waals surface area contributed by atoms with Crippen molar-refractivity contribution in [2.24, 2.45) is 28.6 Å². The second-order valence-corrected chi connectivity index (χ2v) is 10.4. The van der Waals surface area contributed by atoms with Crippen LogP contribution in [-0.2, 0) is 14.3 Å². The molecule has 1 saturated heterocycles. The lowest BCUT2D eigenvalue weighted by molar-refractivity contribution is -0.148. The van der Waals surface area contributed by atoms with Gasteiger partial charge in [0.05, 0.1) is 11.8 Å². The van der Waals surface area contributed by atoms with Crippen LogP contribution in [0.1, 0.15) is 65.7 Å². The fourth-order valence-electron chi connectivity index (χ4n) is 8.01. The van der Waals surface area contributed by atoms with Crippen LogP contribution in [0.4, 0.5) is 0 Å². The summed E-state index contributed by atoms with van der Waals surface area (Å²) >= 11 is 0. The van der Waals surface area contributed by atoms with Crippen LogP contribution < -0.4 is 5.48 Å². The predicted octanol–water partition coefficient (Wildman–Crippen LogP) is 4.12. The Kier molecular flexibility index (Phi) is 3.90. The number of rotatable bonds is 3. The molecule has 1 heterocycles. The van der Waals surface area contributed by atoms with Crippen molar-refractivity contribution in [3.63, 3.8) is 0 Å². The van der Waals surface area contributed by atoms with E-state index in [2.05, 4.69) is 32.0 Å². The van der Waals surface area contributed by atoms with Gasteiger partial charge in [0.25, 0.3) is 0 Å². The van der Waals surface area contributed by atoms with Crippen molar-refractivity contribution < 1.29 is 19.5 Å². The van der Waals surface area contributed by atoms with E-state index in [-0.39, 0.29) is 34.6 Å². The van der Waals surface area contributed by atoms with Crippen LogP contribution in [0, 0.1) is 28.6 Å². The molecular weight excluding hydrogens is 354 g/mol. The molecule has 0 unspecified atom stereocenters. The first-order valence-electron chi connectivity index (χ1n) is 10.9. The van der Waals surface area contributed by atoms with Crippen molar-refractivity contribution in [3.8, 4) is 0 Å². The maximum atomic E-state index is 11.4. The number of allylic oxidation sites excluding steroid dienone is 1. The van der Waals surface area contributed by atoms with Crippen LogP contribution in [0.3, 0.4) is 0 Å². The van der Waals surface area contributed by atoms with Gasteiger partial charge in [-0.05, 0) is 61.7 Å². The highest BCUT2D eigenvalue weighted by atomic mass is 16.6. The van der Waals surface area contributed by atoms with Gasteiger partial charge in [-0.2, -0.15) is 0 Å². The number of carbonyl (C=O) groups is 1. The van der Waals surface area contributed by atoms with Crippen LogP contribution >= 0.6 is 0 Å². The lowest BCUT2D eigenvalue weighted by Crippen LogP contribution is -2.54. The number of carbonyl (C=O) groups excluding carboxylic acids is 1. The molecule has 5 nitrogen and oxygen atoms in total. The smallest absolute Gasteiger partial charge is 0.302 e. The van der Waals surface area contributed by atoms with Gasteiger partial charge in [0.15, 0.2) is 0 Å². The molecule has 0 radical (unpaired) electrons. The van der Waals surface area contributed by atoms with E-state index < -0.39 is 0 Å². The number of hydrogen-bond donors (Lipinski definition) is 2. The minimum Gasteiger partial charge on any atom is -0.462 e. The van der Waals surface area contributed by atoms with E-state index in [0.29, 0.717) is 23.5 Å². The summed E-state index contributed by atoms with van der Waals surface area (Å²) in [6, 6.07) is 0. The second-order valence-electron chi connectivity index (χ2n) is 10.4. The molecule has 0 aromatic heterocycles. The Morgan fingerprint density at radius 1 is 1.32 bits per heavy atom. The summed E-state index contributed by atoms with van der Waals surface area (Å²) in [5, 5.41) is 9.53. The van der Waals surface area contributed by atoms with Crippen molar-refractivity contribution in [3.05, 3.63) is 23.9 Å². The van der Waals surface area contributed by atoms with Gasteiger partial charge in [0.1, 0.15) is 11.7 Å². The highest BCUT2D eigenvalue weighted by Gasteiger charge is 2.78. The van der Waals surface area contributed by atoms with Crippen molar-refractivity contribution in [2.45, 2.75) is 83.5 Å². The van der Waals surface area contributed by atoms with Crippen molar-refractivity contribution in [1.29, 1.82) is 0 Å². The molecule has 5 heteroatoms. The van der Waals surface area contributed by atoms with Gasteiger partial charge in [0, 0.05) is 18.8 Å². The summed E-state index contributed by atoms with van der Waals surface area (Å²) < 4.78 is 11.7. The highest BCUT2D eigenvalue weighted by molar-refractivity contribution is 5.66. The van der Waals surface area contributed by atoms with Gasteiger partial charge in [-0.3, -0.25) is 15.5 Å². The zero-order valence-electron chi connectivity index (χ0n) is 17.3. The normalized spacial score (nSPS) is 51.0. The van der Waals surface area contributed by atoms with Crippen LogP contribution in [0.15, 0.2) is 23.9 Å². The number of esters is 1. The molecule has 0 aromatic carbocycles.